The second kappa shape index (κ2) is 10.3. The molecular weight excluding hydrogens is 412 g/mol. The lowest BCUT2D eigenvalue weighted by molar-refractivity contribution is -0.121. The van der Waals surface area contributed by atoms with Crippen LogP contribution in [-0.2, 0) is 14.3 Å². The minimum Gasteiger partial charge on any atom is -0.481 e. The van der Waals surface area contributed by atoms with E-state index < -0.39 is 0 Å². The van der Waals surface area contributed by atoms with Gasteiger partial charge in [0.05, 0.1) is 25.4 Å². The third kappa shape index (κ3) is 5.43. The molecule has 168 valence electrons. The summed E-state index contributed by atoms with van der Waals surface area (Å²) in [4.78, 5) is 40.7. The molecule has 9 heteroatoms. The highest BCUT2D eigenvalue weighted by Crippen LogP contribution is 2.34. The minimum atomic E-state index is -0.356. The molecule has 0 aliphatic carbocycles. The SMILES string of the molecule is O=C(CNC(=O)c1ccccc1)Nc1ccc2c(c1)OCC(=O)N2CCN1CCOCC1. The van der Waals surface area contributed by atoms with E-state index in [1.165, 1.54) is 0 Å². The molecule has 0 atom stereocenters. The molecule has 2 aliphatic rings. The molecule has 0 aromatic heterocycles. The number of morpholine rings is 1. The van der Waals surface area contributed by atoms with Crippen molar-refractivity contribution in [1.82, 2.24) is 10.2 Å². The van der Waals surface area contributed by atoms with Crippen LogP contribution < -0.4 is 20.3 Å². The Morgan fingerprint density at radius 1 is 1.00 bits per heavy atom. The fourth-order valence-electron chi connectivity index (χ4n) is 3.65. The van der Waals surface area contributed by atoms with E-state index >= 15 is 0 Å². The van der Waals surface area contributed by atoms with Crippen molar-refractivity contribution >= 4 is 29.1 Å². The average molecular weight is 438 g/mol. The van der Waals surface area contributed by atoms with E-state index in [0.29, 0.717) is 42.4 Å². The van der Waals surface area contributed by atoms with Crippen LogP contribution >= 0.6 is 0 Å². The van der Waals surface area contributed by atoms with E-state index in [1.807, 2.05) is 6.07 Å². The zero-order chi connectivity index (χ0) is 22.3. The molecule has 2 N–H and O–H groups in total. The van der Waals surface area contributed by atoms with Gasteiger partial charge >= 0.3 is 0 Å². The monoisotopic (exact) mass is 438 g/mol. The van der Waals surface area contributed by atoms with Gasteiger partial charge in [0.2, 0.25) is 5.91 Å². The molecule has 0 unspecified atom stereocenters. The van der Waals surface area contributed by atoms with Gasteiger partial charge in [0, 0.05) is 43.5 Å². The third-order valence-corrected chi connectivity index (χ3v) is 5.38. The van der Waals surface area contributed by atoms with Gasteiger partial charge in [0.1, 0.15) is 5.75 Å². The molecule has 0 radical (unpaired) electrons. The highest BCUT2D eigenvalue weighted by atomic mass is 16.5. The van der Waals surface area contributed by atoms with Gasteiger partial charge in [-0.25, -0.2) is 0 Å². The van der Waals surface area contributed by atoms with Gasteiger partial charge in [0.15, 0.2) is 6.61 Å². The average Bonchev–Trinajstić information content (AvgIpc) is 2.83. The number of nitrogens with one attached hydrogen (secondary N) is 2. The van der Waals surface area contributed by atoms with E-state index in [-0.39, 0.29) is 30.9 Å². The number of hydrogen-bond donors (Lipinski definition) is 2. The Morgan fingerprint density at radius 3 is 2.56 bits per heavy atom. The Labute approximate surface area is 186 Å². The Hall–Kier alpha value is -3.43. The standard InChI is InChI=1S/C23H26N4O5/c28-21(15-24-23(30)17-4-2-1-3-5-17)25-18-6-7-19-20(14-18)32-16-22(29)27(19)9-8-26-10-12-31-13-11-26/h1-7,14H,8-13,15-16H2,(H,24,30)(H,25,28). The zero-order valence-electron chi connectivity index (χ0n) is 17.7. The Bertz CT molecular complexity index is 976. The molecule has 32 heavy (non-hydrogen) atoms. The first-order valence-electron chi connectivity index (χ1n) is 10.6. The molecule has 2 aliphatic heterocycles. The lowest BCUT2D eigenvalue weighted by atomic mass is 10.2. The highest BCUT2D eigenvalue weighted by molar-refractivity contribution is 6.01. The Balaban J connectivity index is 1.33. The van der Waals surface area contributed by atoms with E-state index in [0.717, 1.165) is 19.6 Å². The number of rotatable bonds is 7. The van der Waals surface area contributed by atoms with Gasteiger partial charge in [-0.3, -0.25) is 19.3 Å². The molecule has 2 aromatic carbocycles. The summed E-state index contributed by atoms with van der Waals surface area (Å²) in [5.74, 6) is -0.224. The molecule has 2 aromatic rings. The third-order valence-electron chi connectivity index (χ3n) is 5.38. The number of anilines is 2. The number of hydrogen-bond acceptors (Lipinski definition) is 6. The van der Waals surface area contributed by atoms with Crippen LogP contribution in [-0.4, -0.2) is 75.2 Å². The van der Waals surface area contributed by atoms with Gasteiger partial charge in [-0.1, -0.05) is 18.2 Å². The quantitative estimate of drug-likeness (QED) is 0.672. The first-order valence-corrected chi connectivity index (χ1v) is 10.6. The molecule has 0 saturated carbocycles. The molecule has 9 nitrogen and oxygen atoms in total. The number of ether oxygens (including phenoxy) is 2. The first-order chi connectivity index (χ1) is 15.6. The summed E-state index contributed by atoms with van der Waals surface area (Å²) in [5, 5.41) is 5.34. The summed E-state index contributed by atoms with van der Waals surface area (Å²) in [6.45, 7) is 4.26. The molecular formula is C23H26N4O5. The number of fused-ring (bicyclic) bond motifs is 1. The summed E-state index contributed by atoms with van der Waals surface area (Å²) in [5.41, 5.74) is 1.71. The molecule has 0 spiro atoms. The molecule has 1 saturated heterocycles. The van der Waals surface area contributed by atoms with Crippen molar-refractivity contribution < 1.29 is 23.9 Å². The van der Waals surface area contributed by atoms with Crippen molar-refractivity contribution in [2.45, 2.75) is 0 Å². The van der Waals surface area contributed by atoms with Crippen molar-refractivity contribution in [3.8, 4) is 5.75 Å². The number of benzene rings is 2. The van der Waals surface area contributed by atoms with Crippen molar-refractivity contribution in [2.24, 2.45) is 0 Å². The molecule has 2 heterocycles. The molecule has 4 rings (SSSR count). The van der Waals surface area contributed by atoms with Crippen LogP contribution in [0.3, 0.4) is 0 Å². The van der Waals surface area contributed by atoms with Crippen molar-refractivity contribution in [1.29, 1.82) is 0 Å². The van der Waals surface area contributed by atoms with E-state index in [1.54, 1.807) is 47.4 Å². The van der Waals surface area contributed by atoms with Gasteiger partial charge in [-0.05, 0) is 24.3 Å². The number of carbonyl (C=O) groups excluding carboxylic acids is 3. The summed E-state index contributed by atoms with van der Waals surface area (Å²) in [6.07, 6.45) is 0. The number of carbonyl (C=O) groups is 3. The maximum absolute atomic E-state index is 12.4. The zero-order valence-corrected chi connectivity index (χ0v) is 17.7. The van der Waals surface area contributed by atoms with Crippen LogP contribution in [0.2, 0.25) is 0 Å². The first kappa shape index (κ1) is 21.8. The molecule has 0 bridgehead atoms. The van der Waals surface area contributed by atoms with Crippen LogP contribution in [0, 0.1) is 0 Å². The predicted molar refractivity (Wildman–Crippen MR) is 119 cm³/mol. The fourth-order valence-corrected chi connectivity index (χ4v) is 3.65. The Morgan fingerprint density at radius 2 is 1.78 bits per heavy atom. The topological polar surface area (TPSA) is 100 Å². The lowest BCUT2D eigenvalue weighted by Crippen LogP contribution is -2.45. The number of amides is 3. The minimum absolute atomic E-state index is 0.0410. The van der Waals surface area contributed by atoms with Crippen LogP contribution in [0.5, 0.6) is 5.75 Å². The summed E-state index contributed by atoms with van der Waals surface area (Å²) >= 11 is 0. The van der Waals surface area contributed by atoms with Gasteiger partial charge in [-0.15, -0.1) is 0 Å². The van der Waals surface area contributed by atoms with Gasteiger partial charge in [0.25, 0.3) is 11.8 Å². The maximum Gasteiger partial charge on any atom is 0.265 e. The predicted octanol–water partition coefficient (Wildman–Crippen LogP) is 1.11. The van der Waals surface area contributed by atoms with Crippen LogP contribution in [0.15, 0.2) is 48.5 Å². The van der Waals surface area contributed by atoms with Crippen molar-refractivity contribution in [3.05, 3.63) is 54.1 Å². The smallest absolute Gasteiger partial charge is 0.265 e. The summed E-state index contributed by atoms with van der Waals surface area (Å²) in [6, 6.07) is 13.9. The normalized spacial score (nSPS) is 16.1. The summed E-state index contributed by atoms with van der Waals surface area (Å²) < 4.78 is 11.0. The van der Waals surface area contributed by atoms with Crippen molar-refractivity contribution in [3.63, 3.8) is 0 Å². The van der Waals surface area contributed by atoms with Crippen molar-refractivity contribution in [2.75, 3.05) is 62.8 Å². The second-order valence-corrected chi connectivity index (χ2v) is 7.57. The van der Waals surface area contributed by atoms with E-state index in [2.05, 4.69) is 15.5 Å². The Kier molecular flexibility index (Phi) is 6.98. The largest absolute Gasteiger partial charge is 0.481 e. The fraction of sp³-hybridized carbons (Fsp3) is 0.348. The highest BCUT2D eigenvalue weighted by Gasteiger charge is 2.26. The van der Waals surface area contributed by atoms with Gasteiger partial charge in [-0.2, -0.15) is 0 Å². The lowest BCUT2D eigenvalue weighted by Gasteiger charge is -2.33. The van der Waals surface area contributed by atoms with E-state index in [9.17, 15) is 14.4 Å². The van der Waals surface area contributed by atoms with Crippen LogP contribution in [0.25, 0.3) is 0 Å². The summed E-state index contributed by atoms with van der Waals surface area (Å²) in [7, 11) is 0. The van der Waals surface area contributed by atoms with E-state index in [4.69, 9.17) is 9.47 Å². The van der Waals surface area contributed by atoms with Gasteiger partial charge < -0.3 is 25.0 Å². The molecule has 1 fully saturated rings. The maximum atomic E-state index is 12.4. The second-order valence-electron chi connectivity index (χ2n) is 7.57. The van der Waals surface area contributed by atoms with Crippen LogP contribution in [0.1, 0.15) is 10.4 Å². The molecule has 3 amide bonds. The number of nitrogens with zero attached hydrogens (tertiary/aromatic N) is 2. The van der Waals surface area contributed by atoms with Crippen LogP contribution in [0.4, 0.5) is 11.4 Å².